The van der Waals surface area contributed by atoms with E-state index in [-0.39, 0.29) is 17.3 Å². The quantitative estimate of drug-likeness (QED) is 0.364. The molecule has 5 rings (SSSR count). The summed E-state index contributed by atoms with van der Waals surface area (Å²) in [6.07, 6.45) is 5.63. The Bertz CT molecular complexity index is 1540. The maximum atomic E-state index is 14.0. The van der Waals surface area contributed by atoms with Crippen LogP contribution in [-0.4, -0.2) is 18.7 Å². The van der Waals surface area contributed by atoms with E-state index in [1.165, 1.54) is 4.31 Å². The second-order valence-electron chi connectivity index (χ2n) is 9.14. The predicted molar refractivity (Wildman–Crippen MR) is 144 cm³/mol. The first-order valence-corrected chi connectivity index (χ1v) is 13.7. The van der Waals surface area contributed by atoms with Gasteiger partial charge in [0.1, 0.15) is 11.7 Å². The van der Waals surface area contributed by atoms with Gasteiger partial charge in [0.15, 0.2) is 0 Å². The van der Waals surface area contributed by atoms with E-state index in [4.69, 9.17) is 4.74 Å². The summed E-state index contributed by atoms with van der Waals surface area (Å²) in [5.74, 6) is 2.90. The zero-order valence-electron chi connectivity index (χ0n) is 20.6. The lowest BCUT2D eigenvalue weighted by molar-refractivity contribution is 0.198. The number of aryl methyl sites for hydroxylation is 1. The summed E-state index contributed by atoms with van der Waals surface area (Å²) in [6.45, 7) is 2.02. The Morgan fingerprint density at radius 2 is 1.59 bits per heavy atom. The fraction of sp³-hybridized carbons (Fsp3) is 0.161. The second-order valence-corrected chi connectivity index (χ2v) is 11.0. The Labute approximate surface area is 217 Å². The highest BCUT2D eigenvalue weighted by molar-refractivity contribution is 7.89. The molecule has 5 nitrogen and oxygen atoms in total. The summed E-state index contributed by atoms with van der Waals surface area (Å²) in [6, 6.07) is 26.0. The number of hydrogen-bond donors (Lipinski definition) is 0. The summed E-state index contributed by atoms with van der Waals surface area (Å²) in [5, 5.41) is 0. The van der Waals surface area contributed by atoms with Crippen LogP contribution in [0.1, 0.15) is 36.0 Å². The van der Waals surface area contributed by atoms with Crippen LogP contribution in [0.25, 0.3) is 6.08 Å². The van der Waals surface area contributed by atoms with E-state index in [0.717, 1.165) is 28.7 Å². The van der Waals surface area contributed by atoms with E-state index in [0.29, 0.717) is 29.7 Å². The van der Waals surface area contributed by atoms with Crippen LogP contribution in [0, 0.1) is 6.92 Å². The van der Waals surface area contributed by atoms with Crippen molar-refractivity contribution in [1.82, 2.24) is 4.31 Å². The van der Waals surface area contributed by atoms with Crippen LogP contribution in [0.5, 0.6) is 0 Å². The first-order valence-electron chi connectivity index (χ1n) is 12.2. The Morgan fingerprint density at radius 1 is 0.919 bits per heavy atom. The number of sulfonamides is 1. The molecule has 0 bridgehead atoms. The van der Waals surface area contributed by atoms with E-state index in [1.54, 1.807) is 30.3 Å². The lowest BCUT2D eigenvalue weighted by atomic mass is 9.86. The minimum atomic E-state index is -3.96. The van der Waals surface area contributed by atoms with Crippen molar-refractivity contribution in [2.75, 3.05) is 0 Å². The van der Waals surface area contributed by atoms with E-state index in [9.17, 15) is 13.2 Å². The monoisotopic (exact) mass is 509 g/mol. The van der Waals surface area contributed by atoms with Crippen LogP contribution in [0.2, 0.25) is 0 Å². The van der Waals surface area contributed by atoms with Gasteiger partial charge in [-0.3, -0.25) is 0 Å². The Morgan fingerprint density at radius 3 is 2.27 bits per heavy atom. The molecule has 2 aliphatic rings. The minimum Gasteiger partial charge on any atom is -0.444 e. The molecule has 0 atom stereocenters. The number of rotatable bonds is 6. The van der Waals surface area contributed by atoms with Crippen molar-refractivity contribution in [1.29, 1.82) is 0 Å². The van der Waals surface area contributed by atoms with Crippen LogP contribution in [0.3, 0.4) is 0 Å². The van der Waals surface area contributed by atoms with Gasteiger partial charge in [-0.1, -0.05) is 78.4 Å². The molecule has 0 unspecified atom stereocenters. The Balaban J connectivity index is 1.66. The Hall–Kier alpha value is -4.12. The highest BCUT2D eigenvalue weighted by Crippen LogP contribution is 2.41. The lowest BCUT2D eigenvalue weighted by Gasteiger charge is -2.33. The van der Waals surface area contributed by atoms with Crippen LogP contribution in [0.15, 0.2) is 124 Å². The molecule has 0 saturated heterocycles. The maximum Gasteiger partial charge on any atom is 0.266 e. The molecule has 0 amide bonds. The molecule has 1 heterocycles. The number of allylic oxidation sites excluding steroid dienone is 5. The van der Waals surface area contributed by atoms with Gasteiger partial charge in [0.05, 0.1) is 11.4 Å². The minimum absolute atomic E-state index is 0.0977. The SMILES string of the molecule is Cc1ccc(S(=O)(=O)N(Cc2ccccc2)C2=CC(=Cc3ccccc3)C3=C(CCCC3=C=O)O2)cc1. The third-order valence-corrected chi connectivity index (χ3v) is 8.23. The van der Waals surface area contributed by atoms with E-state index >= 15 is 0 Å². The van der Waals surface area contributed by atoms with Gasteiger partial charge in [0.2, 0.25) is 5.88 Å². The normalized spacial score (nSPS) is 16.5. The van der Waals surface area contributed by atoms with Crippen LogP contribution < -0.4 is 0 Å². The highest BCUT2D eigenvalue weighted by atomic mass is 32.2. The van der Waals surface area contributed by atoms with Gasteiger partial charge >= 0.3 is 0 Å². The van der Waals surface area contributed by atoms with Crippen molar-refractivity contribution in [2.24, 2.45) is 0 Å². The van der Waals surface area contributed by atoms with Gasteiger partial charge < -0.3 is 4.74 Å². The first-order chi connectivity index (χ1) is 18.0. The Kier molecular flexibility index (Phi) is 6.95. The molecule has 0 spiro atoms. The van der Waals surface area contributed by atoms with E-state index in [2.05, 4.69) is 5.94 Å². The summed E-state index contributed by atoms with van der Waals surface area (Å²) in [5.41, 5.74) is 4.73. The molecule has 0 saturated carbocycles. The third-order valence-electron chi connectivity index (χ3n) is 6.48. The number of carbonyl (C=O) groups excluding carboxylic acids is 1. The van der Waals surface area contributed by atoms with Crippen molar-refractivity contribution in [2.45, 2.75) is 37.6 Å². The molecule has 3 aromatic carbocycles. The number of benzene rings is 3. The largest absolute Gasteiger partial charge is 0.444 e. The van der Waals surface area contributed by atoms with Gasteiger partial charge in [-0.2, -0.15) is 0 Å². The van der Waals surface area contributed by atoms with E-state index in [1.807, 2.05) is 73.7 Å². The average molecular weight is 510 g/mol. The smallest absolute Gasteiger partial charge is 0.266 e. The molecule has 37 heavy (non-hydrogen) atoms. The molecular formula is C31H27NO4S. The first kappa shape index (κ1) is 24.6. The summed E-state index contributed by atoms with van der Waals surface area (Å²) in [7, 11) is -3.96. The third kappa shape index (κ3) is 5.21. The molecule has 0 fully saturated rings. The zero-order valence-corrected chi connectivity index (χ0v) is 21.4. The molecule has 1 aliphatic carbocycles. The van der Waals surface area contributed by atoms with Crippen LogP contribution >= 0.6 is 0 Å². The lowest BCUT2D eigenvalue weighted by Crippen LogP contribution is -2.33. The standard InChI is InChI=1S/C31H27NO4S/c1-23-15-17-28(18-16-23)37(34,35)32(21-25-11-6-3-7-12-25)30-20-27(19-24-9-4-2-5-10-24)31-26(22-33)13-8-14-29(31)36-30/h2-7,9-12,15-20H,8,13-14,21H2,1H3. The summed E-state index contributed by atoms with van der Waals surface area (Å²) < 4.78 is 35.6. The molecule has 0 radical (unpaired) electrons. The fourth-order valence-electron chi connectivity index (χ4n) is 4.58. The number of ether oxygens (including phenoxy) is 1. The summed E-state index contributed by atoms with van der Waals surface area (Å²) in [4.78, 5) is 12.0. The van der Waals surface area contributed by atoms with Gasteiger partial charge in [-0.15, -0.1) is 0 Å². The molecule has 186 valence electrons. The van der Waals surface area contributed by atoms with Crippen molar-refractivity contribution >= 4 is 22.0 Å². The fourth-order valence-corrected chi connectivity index (χ4v) is 5.96. The molecular weight excluding hydrogens is 482 g/mol. The second kappa shape index (κ2) is 10.5. The van der Waals surface area contributed by atoms with Crippen molar-refractivity contribution < 1.29 is 17.9 Å². The van der Waals surface area contributed by atoms with Crippen molar-refractivity contribution in [3.8, 4) is 0 Å². The molecule has 0 aromatic heterocycles. The van der Waals surface area contributed by atoms with Crippen LogP contribution in [-0.2, 0) is 26.1 Å². The highest BCUT2D eigenvalue weighted by Gasteiger charge is 2.34. The molecule has 1 aliphatic heterocycles. The van der Waals surface area contributed by atoms with Crippen molar-refractivity contribution in [3.63, 3.8) is 0 Å². The topological polar surface area (TPSA) is 63.7 Å². The molecule has 3 aromatic rings. The zero-order chi connectivity index (χ0) is 25.8. The molecule has 6 heteroatoms. The average Bonchev–Trinajstić information content (AvgIpc) is 2.92. The van der Waals surface area contributed by atoms with Gasteiger partial charge in [0.25, 0.3) is 10.0 Å². The molecule has 0 N–H and O–H groups in total. The maximum absolute atomic E-state index is 14.0. The van der Waals surface area contributed by atoms with E-state index < -0.39 is 10.0 Å². The predicted octanol–water partition coefficient (Wildman–Crippen LogP) is 6.34. The van der Waals surface area contributed by atoms with Gasteiger partial charge in [-0.25, -0.2) is 17.5 Å². The van der Waals surface area contributed by atoms with Gasteiger partial charge in [-0.05, 0) is 54.7 Å². The number of hydrogen-bond acceptors (Lipinski definition) is 4. The number of nitrogens with zero attached hydrogens (tertiary/aromatic N) is 1. The van der Waals surface area contributed by atoms with Crippen LogP contribution in [0.4, 0.5) is 0 Å². The van der Waals surface area contributed by atoms with Gasteiger partial charge in [0, 0.05) is 23.6 Å². The van der Waals surface area contributed by atoms with Crippen molar-refractivity contribution in [3.05, 3.63) is 136 Å². The summed E-state index contributed by atoms with van der Waals surface area (Å²) >= 11 is 0.